The summed E-state index contributed by atoms with van der Waals surface area (Å²) in [6, 6.07) is 7.59. The van der Waals surface area contributed by atoms with Crippen molar-refractivity contribution in [3.63, 3.8) is 0 Å². The molecule has 1 saturated carbocycles. The molecule has 2 saturated heterocycles. The van der Waals surface area contributed by atoms with Gasteiger partial charge in [-0.05, 0) is 62.6 Å². The van der Waals surface area contributed by atoms with Crippen molar-refractivity contribution < 1.29 is 17.9 Å². The number of nitrogens with zero attached hydrogens (tertiary/aromatic N) is 2. The van der Waals surface area contributed by atoms with E-state index in [0.717, 1.165) is 37.7 Å². The first-order valence-electron chi connectivity index (χ1n) is 11.0. The third-order valence-corrected chi connectivity index (χ3v) is 8.46. The molecule has 3 aliphatic rings. The van der Waals surface area contributed by atoms with E-state index in [0.29, 0.717) is 44.0 Å². The van der Waals surface area contributed by atoms with Gasteiger partial charge in [0.1, 0.15) is 0 Å². The van der Waals surface area contributed by atoms with Gasteiger partial charge in [-0.3, -0.25) is 4.79 Å². The Morgan fingerprint density at radius 3 is 2.14 bits per heavy atom. The predicted molar refractivity (Wildman–Crippen MR) is 111 cm³/mol. The van der Waals surface area contributed by atoms with E-state index in [1.807, 2.05) is 12.1 Å². The maximum absolute atomic E-state index is 13.0. The highest BCUT2D eigenvalue weighted by atomic mass is 32.2. The number of carbonyl (C=O) groups is 1. The fourth-order valence-corrected chi connectivity index (χ4v) is 6.04. The molecule has 0 aromatic heterocycles. The minimum absolute atomic E-state index is 0.139. The van der Waals surface area contributed by atoms with Crippen molar-refractivity contribution in [2.24, 2.45) is 5.92 Å². The Morgan fingerprint density at radius 1 is 1.00 bits per heavy atom. The zero-order valence-electron chi connectivity index (χ0n) is 17.3. The van der Waals surface area contributed by atoms with E-state index in [1.54, 1.807) is 16.4 Å². The number of sulfonamides is 1. The average molecular weight is 421 g/mol. The van der Waals surface area contributed by atoms with Gasteiger partial charge in [-0.15, -0.1) is 0 Å². The Balaban J connectivity index is 1.44. The van der Waals surface area contributed by atoms with Gasteiger partial charge >= 0.3 is 0 Å². The van der Waals surface area contributed by atoms with E-state index in [2.05, 4.69) is 11.8 Å². The Bertz CT molecular complexity index is 806. The molecule has 1 amide bonds. The topological polar surface area (TPSA) is 66.9 Å². The summed E-state index contributed by atoms with van der Waals surface area (Å²) >= 11 is 0. The molecule has 0 spiro atoms. The van der Waals surface area contributed by atoms with Gasteiger partial charge in [-0.1, -0.05) is 19.1 Å². The second-order valence-electron chi connectivity index (χ2n) is 8.50. The number of aryl methyl sites for hydroxylation is 1. The van der Waals surface area contributed by atoms with Crippen LogP contribution in [0.3, 0.4) is 0 Å². The molecule has 6 nitrogen and oxygen atoms in total. The molecule has 0 radical (unpaired) electrons. The Labute approximate surface area is 174 Å². The summed E-state index contributed by atoms with van der Waals surface area (Å²) in [4.78, 5) is 15.5. The van der Waals surface area contributed by atoms with Crippen LogP contribution in [0.2, 0.25) is 0 Å². The Morgan fingerprint density at radius 2 is 1.59 bits per heavy atom. The van der Waals surface area contributed by atoms with E-state index in [1.165, 1.54) is 0 Å². The first-order chi connectivity index (χ1) is 14.0. The number of amides is 1. The minimum atomic E-state index is -3.48. The Kier molecular flexibility index (Phi) is 6.27. The minimum Gasteiger partial charge on any atom is -0.381 e. The van der Waals surface area contributed by atoms with Crippen molar-refractivity contribution in [1.82, 2.24) is 9.21 Å². The second kappa shape index (κ2) is 8.74. The third kappa shape index (κ3) is 4.52. The predicted octanol–water partition coefficient (Wildman–Crippen LogP) is 2.82. The largest absolute Gasteiger partial charge is 0.381 e. The van der Waals surface area contributed by atoms with Crippen LogP contribution in [0.1, 0.15) is 51.0 Å². The SMILES string of the molecule is CCc1ccc(S(=O)(=O)N2CCC(N(C(=O)C3CC3)C3CCOCC3)CC2)cc1. The molecular formula is C22H32N2O4S. The molecule has 1 aliphatic carbocycles. The quantitative estimate of drug-likeness (QED) is 0.710. The third-order valence-electron chi connectivity index (χ3n) is 6.55. The molecule has 160 valence electrons. The zero-order valence-corrected chi connectivity index (χ0v) is 18.1. The molecule has 4 rings (SSSR count). The highest BCUT2D eigenvalue weighted by molar-refractivity contribution is 7.89. The summed E-state index contributed by atoms with van der Waals surface area (Å²) in [5, 5.41) is 0. The molecule has 0 unspecified atom stereocenters. The summed E-state index contributed by atoms with van der Waals surface area (Å²) in [7, 11) is -3.48. The van der Waals surface area contributed by atoms with Crippen molar-refractivity contribution in [1.29, 1.82) is 0 Å². The van der Waals surface area contributed by atoms with Gasteiger partial charge in [0.2, 0.25) is 15.9 Å². The number of ether oxygens (including phenoxy) is 1. The van der Waals surface area contributed by atoms with Crippen LogP contribution in [-0.4, -0.2) is 61.9 Å². The van der Waals surface area contributed by atoms with Crippen molar-refractivity contribution in [2.75, 3.05) is 26.3 Å². The molecule has 2 heterocycles. The molecule has 2 aliphatic heterocycles. The number of hydrogen-bond donors (Lipinski definition) is 0. The standard InChI is InChI=1S/C22H32N2O4S/c1-2-17-3-7-21(8-4-17)29(26,27)23-13-9-19(10-14-23)24(22(25)18-5-6-18)20-11-15-28-16-12-20/h3-4,7-8,18-20H,2,5-6,9-16H2,1H3. The molecular weight excluding hydrogens is 388 g/mol. The lowest BCUT2D eigenvalue weighted by Crippen LogP contribution is -2.54. The van der Waals surface area contributed by atoms with Crippen molar-refractivity contribution in [2.45, 2.75) is 68.8 Å². The van der Waals surface area contributed by atoms with Gasteiger partial charge in [-0.25, -0.2) is 8.42 Å². The van der Waals surface area contributed by atoms with E-state index in [9.17, 15) is 13.2 Å². The first-order valence-corrected chi connectivity index (χ1v) is 12.4. The van der Waals surface area contributed by atoms with Crippen molar-refractivity contribution in [3.05, 3.63) is 29.8 Å². The van der Waals surface area contributed by atoms with E-state index in [-0.39, 0.29) is 23.9 Å². The van der Waals surface area contributed by atoms with Gasteiger partial charge in [0.15, 0.2) is 0 Å². The molecule has 1 aromatic rings. The van der Waals surface area contributed by atoms with Crippen molar-refractivity contribution in [3.8, 4) is 0 Å². The molecule has 3 fully saturated rings. The van der Waals surface area contributed by atoms with Crippen molar-refractivity contribution >= 4 is 15.9 Å². The maximum Gasteiger partial charge on any atom is 0.243 e. The van der Waals surface area contributed by atoms with E-state index in [4.69, 9.17) is 4.74 Å². The fraction of sp³-hybridized carbons (Fsp3) is 0.682. The van der Waals surface area contributed by atoms with Gasteiger partial charge < -0.3 is 9.64 Å². The average Bonchev–Trinajstić information content (AvgIpc) is 3.61. The number of carbonyl (C=O) groups excluding carboxylic acids is 1. The van der Waals surface area contributed by atoms with Crippen LogP contribution in [-0.2, 0) is 26.0 Å². The molecule has 0 N–H and O–H groups in total. The summed E-state index contributed by atoms with van der Waals surface area (Å²) in [6.45, 7) is 4.42. The van der Waals surface area contributed by atoms with Crippen LogP contribution in [0.25, 0.3) is 0 Å². The van der Waals surface area contributed by atoms with Gasteiger partial charge in [0, 0.05) is 44.3 Å². The lowest BCUT2D eigenvalue weighted by molar-refractivity contribution is -0.141. The summed E-state index contributed by atoms with van der Waals surface area (Å²) in [6.07, 6.45) is 6.09. The summed E-state index contributed by atoms with van der Waals surface area (Å²) < 4.78 is 33.2. The highest BCUT2D eigenvalue weighted by Gasteiger charge is 2.41. The van der Waals surface area contributed by atoms with Crippen LogP contribution in [0.5, 0.6) is 0 Å². The summed E-state index contributed by atoms with van der Waals surface area (Å²) in [5.41, 5.74) is 1.13. The number of benzene rings is 1. The lowest BCUT2D eigenvalue weighted by Gasteiger charge is -2.43. The van der Waals surface area contributed by atoms with Crippen LogP contribution in [0, 0.1) is 5.92 Å². The number of hydrogen-bond acceptors (Lipinski definition) is 4. The Hall–Kier alpha value is -1.44. The smallest absolute Gasteiger partial charge is 0.243 e. The van der Waals surface area contributed by atoms with Crippen LogP contribution in [0.4, 0.5) is 0 Å². The van der Waals surface area contributed by atoms with Crippen LogP contribution >= 0.6 is 0 Å². The maximum atomic E-state index is 13.0. The molecule has 0 bridgehead atoms. The van der Waals surface area contributed by atoms with E-state index >= 15 is 0 Å². The summed E-state index contributed by atoms with van der Waals surface area (Å²) in [5.74, 6) is 0.477. The normalized spacial score (nSPS) is 22.5. The number of piperidine rings is 1. The zero-order chi connectivity index (χ0) is 20.4. The van der Waals surface area contributed by atoms with Gasteiger partial charge in [0.05, 0.1) is 4.90 Å². The number of rotatable bonds is 6. The van der Waals surface area contributed by atoms with Gasteiger partial charge in [0.25, 0.3) is 0 Å². The van der Waals surface area contributed by atoms with Crippen LogP contribution < -0.4 is 0 Å². The monoisotopic (exact) mass is 420 g/mol. The molecule has 29 heavy (non-hydrogen) atoms. The van der Waals surface area contributed by atoms with E-state index < -0.39 is 10.0 Å². The highest BCUT2D eigenvalue weighted by Crippen LogP contribution is 2.35. The lowest BCUT2D eigenvalue weighted by atomic mass is 9.98. The molecule has 7 heteroatoms. The molecule has 0 atom stereocenters. The van der Waals surface area contributed by atoms with Crippen LogP contribution in [0.15, 0.2) is 29.2 Å². The van der Waals surface area contributed by atoms with Gasteiger partial charge in [-0.2, -0.15) is 4.31 Å². The first kappa shape index (κ1) is 20.8. The fourth-order valence-electron chi connectivity index (χ4n) is 4.57. The molecule has 1 aromatic carbocycles. The second-order valence-corrected chi connectivity index (χ2v) is 10.4.